The summed E-state index contributed by atoms with van der Waals surface area (Å²) >= 11 is 0. The van der Waals surface area contributed by atoms with Gasteiger partial charge in [0, 0.05) is 23.9 Å². The Morgan fingerprint density at radius 1 is 1.03 bits per heavy atom. The number of hydrogen-bond donors (Lipinski definition) is 0. The Morgan fingerprint density at radius 2 is 1.91 bits per heavy atom. The molecule has 1 saturated heterocycles. The molecular formula is C24H23N5O3. The Hall–Kier alpha value is -3.65. The highest BCUT2D eigenvalue weighted by molar-refractivity contribution is 5.67. The molecule has 2 aliphatic heterocycles. The third-order valence-corrected chi connectivity index (χ3v) is 6.20. The molecule has 0 unspecified atom stereocenters. The molecule has 0 radical (unpaired) electrons. The van der Waals surface area contributed by atoms with Gasteiger partial charge >= 0.3 is 0 Å². The predicted molar refractivity (Wildman–Crippen MR) is 117 cm³/mol. The summed E-state index contributed by atoms with van der Waals surface area (Å²) in [7, 11) is 0. The molecule has 0 amide bonds. The Morgan fingerprint density at radius 3 is 2.75 bits per heavy atom. The molecule has 0 bridgehead atoms. The van der Waals surface area contributed by atoms with Crippen molar-refractivity contribution in [1.82, 2.24) is 25.0 Å². The van der Waals surface area contributed by atoms with Crippen LogP contribution >= 0.6 is 0 Å². The lowest BCUT2D eigenvalue weighted by atomic mass is 10.1. The number of aromatic nitrogens is 4. The maximum atomic E-state index is 5.61. The van der Waals surface area contributed by atoms with E-state index in [1.807, 2.05) is 48.0 Å². The summed E-state index contributed by atoms with van der Waals surface area (Å²) in [4.78, 5) is 2.44. The molecule has 32 heavy (non-hydrogen) atoms. The van der Waals surface area contributed by atoms with Crippen LogP contribution in [0.4, 0.5) is 0 Å². The summed E-state index contributed by atoms with van der Waals surface area (Å²) < 4.78 is 18.0. The zero-order valence-electron chi connectivity index (χ0n) is 17.8. The zero-order valence-corrected chi connectivity index (χ0v) is 17.8. The third-order valence-electron chi connectivity index (χ3n) is 6.20. The Balaban J connectivity index is 1.39. The fourth-order valence-corrected chi connectivity index (χ4v) is 4.61. The van der Waals surface area contributed by atoms with Crippen molar-refractivity contribution in [2.75, 3.05) is 13.3 Å². The second kappa shape index (κ2) is 7.80. The maximum Gasteiger partial charge on any atom is 0.231 e. The predicted octanol–water partition coefficient (Wildman–Crippen LogP) is 4.30. The number of likely N-dealkylation sites (tertiary alicyclic amines) is 1. The quantitative estimate of drug-likeness (QED) is 0.468. The third kappa shape index (κ3) is 3.33. The molecule has 6 rings (SSSR count). The van der Waals surface area contributed by atoms with Gasteiger partial charge in [-0.05, 0) is 56.6 Å². The van der Waals surface area contributed by atoms with Gasteiger partial charge < -0.3 is 9.47 Å². The number of rotatable bonds is 5. The number of aryl methyl sites for hydroxylation is 1. The lowest BCUT2D eigenvalue weighted by molar-refractivity contribution is 0.174. The van der Waals surface area contributed by atoms with Crippen LogP contribution in [0.2, 0.25) is 0 Å². The van der Waals surface area contributed by atoms with Crippen molar-refractivity contribution in [2.45, 2.75) is 32.4 Å². The molecule has 1 fully saturated rings. The number of ether oxygens (including phenoxy) is 2. The van der Waals surface area contributed by atoms with Gasteiger partial charge in [0.05, 0.1) is 17.4 Å². The van der Waals surface area contributed by atoms with E-state index in [-0.39, 0.29) is 12.8 Å². The van der Waals surface area contributed by atoms with E-state index < -0.39 is 0 Å². The maximum absolute atomic E-state index is 5.61. The van der Waals surface area contributed by atoms with Gasteiger partial charge in [0.15, 0.2) is 11.5 Å². The van der Waals surface area contributed by atoms with Crippen LogP contribution in [0.15, 0.2) is 59.4 Å². The molecule has 2 aromatic heterocycles. The average Bonchev–Trinajstić information content (AvgIpc) is 3.61. The monoisotopic (exact) mass is 429 g/mol. The summed E-state index contributed by atoms with van der Waals surface area (Å²) in [5, 5.41) is 13.1. The first-order chi connectivity index (χ1) is 15.8. The largest absolute Gasteiger partial charge is 0.454 e. The molecule has 4 aromatic rings. The van der Waals surface area contributed by atoms with Gasteiger partial charge in [0.1, 0.15) is 11.4 Å². The van der Waals surface area contributed by atoms with Gasteiger partial charge in [-0.2, -0.15) is 5.10 Å². The minimum absolute atomic E-state index is 0.200. The first-order valence-corrected chi connectivity index (χ1v) is 10.8. The summed E-state index contributed by atoms with van der Waals surface area (Å²) in [5.74, 6) is 1.53. The fraction of sp³-hybridized carbons (Fsp3) is 0.292. The lowest BCUT2D eigenvalue weighted by Gasteiger charge is -2.22. The number of hydrogen-bond acceptors (Lipinski definition) is 7. The van der Waals surface area contributed by atoms with Gasteiger partial charge in [0.25, 0.3) is 0 Å². The lowest BCUT2D eigenvalue weighted by Crippen LogP contribution is -2.23. The summed E-state index contributed by atoms with van der Waals surface area (Å²) in [5.41, 5.74) is 5.91. The van der Waals surface area contributed by atoms with Crippen LogP contribution in [0.1, 0.15) is 35.8 Å². The van der Waals surface area contributed by atoms with Crippen molar-refractivity contribution >= 4 is 0 Å². The van der Waals surface area contributed by atoms with Crippen LogP contribution in [0, 0.1) is 6.92 Å². The molecule has 2 aromatic carbocycles. The Kier molecular flexibility index (Phi) is 4.65. The molecule has 4 heterocycles. The van der Waals surface area contributed by atoms with E-state index in [0.717, 1.165) is 71.3 Å². The molecule has 8 heteroatoms. The normalized spacial score (nSPS) is 17.8. The van der Waals surface area contributed by atoms with Crippen molar-refractivity contribution in [3.63, 3.8) is 0 Å². The highest BCUT2D eigenvalue weighted by Crippen LogP contribution is 2.38. The van der Waals surface area contributed by atoms with E-state index in [1.165, 1.54) is 0 Å². The Labute approximate surface area is 185 Å². The van der Waals surface area contributed by atoms with Crippen LogP contribution < -0.4 is 9.47 Å². The second-order valence-corrected chi connectivity index (χ2v) is 8.21. The summed E-state index contributed by atoms with van der Waals surface area (Å²) in [6.45, 7) is 3.96. The smallest absolute Gasteiger partial charge is 0.231 e. The molecule has 8 nitrogen and oxygen atoms in total. The SMILES string of the molecule is Cc1nonc1[C@H]1CCCN1Cc1cn(-c2ccccc2)nc1-c1ccc2c(c1)OCO2. The standard InChI is InChI=1S/C24H23N5O3/c1-16-23(27-32-26-16)20-8-5-11-28(20)13-18-14-29(19-6-3-2-4-7-19)25-24(18)17-9-10-21-22(12-17)31-15-30-21/h2-4,6-7,9-10,12,14,20H,5,8,11,13,15H2,1H3/t20-/m1/s1. The van der Waals surface area contributed by atoms with Crippen molar-refractivity contribution in [3.05, 3.63) is 71.7 Å². The molecule has 1 atom stereocenters. The summed E-state index contributed by atoms with van der Waals surface area (Å²) in [6.07, 6.45) is 4.28. The minimum Gasteiger partial charge on any atom is -0.454 e. The van der Waals surface area contributed by atoms with Gasteiger partial charge in [-0.15, -0.1) is 0 Å². The molecule has 0 N–H and O–H groups in total. The van der Waals surface area contributed by atoms with Gasteiger partial charge in [0.2, 0.25) is 6.79 Å². The highest BCUT2D eigenvalue weighted by Gasteiger charge is 2.31. The second-order valence-electron chi connectivity index (χ2n) is 8.21. The molecule has 0 aliphatic carbocycles. The van der Waals surface area contributed by atoms with E-state index in [1.54, 1.807) is 0 Å². The van der Waals surface area contributed by atoms with E-state index in [2.05, 4.69) is 33.5 Å². The molecule has 0 saturated carbocycles. The first kappa shape index (κ1) is 19.1. The van der Waals surface area contributed by atoms with Crippen molar-refractivity contribution < 1.29 is 14.1 Å². The van der Waals surface area contributed by atoms with Crippen molar-refractivity contribution in [1.29, 1.82) is 0 Å². The van der Waals surface area contributed by atoms with Gasteiger partial charge in [-0.25, -0.2) is 9.31 Å². The Bertz CT molecular complexity index is 1250. The molecule has 162 valence electrons. The van der Waals surface area contributed by atoms with Gasteiger partial charge in [-0.3, -0.25) is 4.90 Å². The topological polar surface area (TPSA) is 78.4 Å². The zero-order chi connectivity index (χ0) is 21.5. The van der Waals surface area contributed by atoms with E-state index in [9.17, 15) is 0 Å². The average molecular weight is 429 g/mol. The number of para-hydroxylation sites is 1. The van der Waals surface area contributed by atoms with Crippen LogP contribution in [0.5, 0.6) is 11.5 Å². The van der Waals surface area contributed by atoms with Crippen LogP contribution in [-0.2, 0) is 6.54 Å². The van der Waals surface area contributed by atoms with E-state index in [4.69, 9.17) is 19.2 Å². The van der Waals surface area contributed by atoms with E-state index in [0.29, 0.717) is 0 Å². The minimum atomic E-state index is 0.200. The van der Waals surface area contributed by atoms with Crippen LogP contribution in [-0.4, -0.2) is 38.3 Å². The number of benzene rings is 2. The molecular weight excluding hydrogens is 406 g/mol. The van der Waals surface area contributed by atoms with Crippen molar-refractivity contribution in [3.8, 4) is 28.4 Å². The highest BCUT2D eigenvalue weighted by atomic mass is 16.7. The van der Waals surface area contributed by atoms with Crippen molar-refractivity contribution in [2.24, 2.45) is 0 Å². The van der Waals surface area contributed by atoms with Gasteiger partial charge in [-0.1, -0.05) is 28.5 Å². The van der Waals surface area contributed by atoms with E-state index >= 15 is 0 Å². The van der Waals surface area contributed by atoms with Crippen LogP contribution in [0.25, 0.3) is 16.9 Å². The molecule has 2 aliphatic rings. The first-order valence-electron chi connectivity index (χ1n) is 10.8. The fourth-order valence-electron chi connectivity index (χ4n) is 4.61. The molecule has 0 spiro atoms. The summed E-state index contributed by atoms with van der Waals surface area (Å²) in [6, 6.07) is 16.4. The van der Waals surface area contributed by atoms with Crippen LogP contribution in [0.3, 0.4) is 0 Å². The number of nitrogens with zero attached hydrogens (tertiary/aromatic N) is 5. The number of fused-ring (bicyclic) bond motifs is 1.